The molecule has 2 amide bonds. The second kappa shape index (κ2) is 7.85. The first-order valence-corrected chi connectivity index (χ1v) is 10.3. The molecule has 2 aliphatic rings. The second-order valence-corrected chi connectivity index (χ2v) is 7.96. The van der Waals surface area contributed by atoms with Crippen LogP contribution < -0.4 is 5.32 Å². The Kier molecular flexibility index (Phi) is 4.99. The quantitative estimate of drug-likeness (QED) is 0.597. The molecule has 2 fully saturated rings. The number of fused-ring (bicyclic) bond motifs is 2. The van der Waals surface area contributed by atoms with Crippen LogP contribution >= 0.6 is 0 Å². The molecule has 2 N–H and O–H groups in total. The zero-order valence-electron chi connectivity index (χ0n) is 17.1. The number of hydrogen-bond donors (Lipinski definition) is 2. The number of carboxylic acid groups (broad SMARTS) is 1. The highest BCUT2D eigenvalue weighted by Crippen LogP contribution is 2.34. The van der Waals surface area contributed by atoms with Gasteiger partial charge in [0.2, 0.25) is 5.91 Å². The predicted octanol–water partition coefficient (Wildman–Crippen LogP) is 1.55. The minimum atomic E-state index is -1.13. The number of nitrogens with zero attached hydrogens (tertiary/aromatic N) is 2. The number of nitrogens with one attached hydrogen (secondary N) is 1. The normalized spacial score (nSPS) is 19.6. The summed E-state index contributed by atoms with van der Waals surface area (Å²) in [5.74, 6) is -3.15. The summed E-state index contributed by atoms with van der Waals surface area (Å²) in [6, 6.07) is 13.8. The first-order valence-electron chi connectivity index (χ1n) is 10.3. The summed E-state index contributed by atoms with van der Waals surface area (Å²) in [7, 11) is 0. The van der Waals surface area contributed by atoms with Gasteiger partial charge in [0, 0.05) is 22.8 Å². The van der Waals surface area contributed by atoms with E-state index >= 15 is 0 Å². The van der Waals surface area contributed by atoms with Crippen molar-refractivity contribution in [3.63, 3.8) is 0 Å². The van der Waals surface area contributed by atoms with Crippen molar-refractivity contribution in [1.82, 2.24) is 15.2 Å². The number of para-hydroxylation sites is 1. The fraction of sp³-hybridized carbons (Fsp3) is 0.304. The van der Waals surface area contributed by atoms with E-state index in [0.717, 1.165) is 16.3 Å². The fourth-order valence-electron chi connectivity index (χ4n) is 4.30. The number of benzene rings is 2. The van der Waals surface area contributed by atoms with Gasteiger partial charge in [-0.3, -0.25) is 9.59 Å². The third-order valence-corrected chi connectivity index (χ3v) is 5.89. The third-order valence-electron chi connectivity index (χ3n) is 5.89. The summed E-state index contributed by atoms with van der Waals surface area (Å²) >= 11 is 0. The minimum Gasteiger partial charge on any atom is -0.480 e. The SMILES string of the molecule is O=C(NCC(=O)N1CC2(C[C@H]1C(=O)O)OCCO2)c1ccc2cc3ccccc3nc2c1. The van der Waals surface area contributed by atoms with Gasteiger partial charge in [-0.15, -0.1) is 0 Å². The molecule has 1 aromatic heterocycles. The Morgan fingerprint density at radius 2 is 1.81 bits per heavy atom. The van der Waals surface area contributed by atoms with Crippen molar-refractivity contribution in [3.05, 3.63) is 54.1 Å². The standard InChI is InChI=1S/C23H21N3O6/c27-20(26-13-23(31-7-8-32-23)11-19(26)22(29)30)12-24-21(28)16-6-5-15-9-14-3-1-2-4-17(14)25-18(15)10-16/h1-6,9-10,19H,7-8,11-13H2,(H,24,28)(H,29,30)/t19-/m0/s1. The molecule has 32 heavy (non-hydrogen) atoms. The first kappa shape index (κ1) is 20.3. The molecule has 0 bridgehead atoms. The molecule has 3 aromatic rings. The van der Waals surface area contributed by atoms with Gasteiger partial charge < -0.3 is 24.8 Å². The van der Waals surface area contributed by atoms with Crippen molar-refractivity contribution >= 4 is 39.6 Å². The number of carboxylic acids is 1. The Hall–Kier alpha value is -3.56. The van der Waals surface area contributed by atoms with Crippen molar-refractivity contribution in [2.24, 2.45) is 0 Å². The van der Waals surface area contributed by atoms with Crippen molar-refractivity contribution in [1.29, 1.82) is 0 Å². The van der Waals surface area contributed by atoms with Crippen LogP contribution in [0.5, 0.6) is 0 Å². The van der Waals surface area contributed by atoms with Crippen LogP contribution in [0.3, 0.4) is 0 Å². The monoisotopic (exact) mass is 435 g/mol. The van der Waals surface area contributed by atoms with Crippen molar-refractivity contribution in [3.8, 4) is 0 Å². The van der Waals surface area contributed by atoms with E-state index in [1.807, 2.05) is 36.4 Å². The molecule has 164 valence electrons. The van der Waals surface area contributed by atoms with E-state index in [4.69, 9.17) is 9.47 Å². The molecule has 2 aromatic carbocycles. The van der Waals surface area contributed by atoms with Crippen molar-refractivity contribution in [2.45, 2.75) is 18.2 Å². The number of aromatic nitrogens is 1. The number of carbonyl (C=O) groups is 3. The number of ether oxygens (including phenoxy) is 2. The second-order valence-electron chi connectivity index (χ2n) is 7.96. The molecule has 2 saturated heterocycles. The van der Waals surface area contributed by atoms with Gasteiger partial charge in [0.25, 0.3) is 5.91 Å². The number of pyridine rings is 1. The maximum absolute atomic E-state index is 12.7. The summed E-state index contributed by atoms with van der Waals surface area (Å²) in [5.41, 5.74) is 1.86. The number of carbonyl (C=O) groups excluding carboxylic acids is 2. The summed E-state index contributed by atoms with van der Waals surface area (Å²) < 4.78 is 11.1. The molecule has 0 saturated carbocycles. The minimum absolute atomic E-state index is 0.0195. The zero-order valence-corrected chi connectivity index (χ0v) is 17.1. The topological polar surface area (TPSA) is 118 Å². The molecule has 9 heteroatoms. The van der Waals surface area contributed by atoms with E-state index in [1.165, 1.54) is 4.90 Å². The van der Waals surface area contributed by atoms with E-state index in [9.17, 15) is 19.5 Å². The highest BCUT2D eigenvalue weighted by atomic mass is 16.7. The van der Waals surface area contributed by atoms with E-state index in [-0.39, 0.29) is 19.5 Å². The van der Waals surface area contributed by atoms with Gasteiger partial charge >= 0.3 is 5.97 Å². The lowest BCUT2D eigenvalue weighted by molar-refractivity contribution is -0.152. The Labute approximate surface area is 182 Å². The molecule has 0 aliphatic carbocycles. The van der Waals surface area contributed by atoms with Gasteiger partial charge in [-0.2, -0.15) is 0 Å². The number of amides is 2. The lowest BCUT2D eigenvalue weighted by atomic mass is 10.1. The zero-order chi connectivity index (χ0) is 22.3. The Morgan fingerprint density at radius 1 is 1.06 bits per heavy atom. The van der Waals surface area contributed by atoms with Gasteiger partial charge in [-0.1, -0.05) is 24.3 Å². The predicted molar refractivity (Wildman–Crippen MR) is 114 cm³/mol. The molecule has 1 atom stereocenters. The average Bonchev–Trinajstić information content (AvgIpc) is 3.42. The van der Waals surface area contributed by atoms with Gasteiger partial charge in [0.15, 0.2) is 5.79 Å². The number of likely N-dealkylation sites (tertiary alicyclic amines) is 1. The van der Waals surface area contributed by atoms with Crippen molar-refractivity contribution < 1.29 is 29.0 Å². The van der Waals surface area contributed by atoms with Crippen molar-refractivity contribution in [2.75, 3.05) is 26.3 Å². The molecule has 0 radical (unpaired) electrons. The van der Waals surface area contributed by atoms with Crippen LogP contribution in [-0.2, 0) is 19.1 Å². The van der Waals surface area contributed by atoms with E-state index in [2.05, 4.69) is 10.3 Å². The first-order chi connectivity index (χ1) is 15.4. The maximum atomic E-state index is 12.7. The Morgan fingerprint density at radius 3 is 2.59 bits per heavy atom. The number of rotatable bonds is 4. The molecule has 1 spiro atoms. The lowest BCUT2D eigenvalue weighted by Crippen LogP contribution is -2.46. The lowest BCUT2D eigenvalue weighted by Gasteiger charge is -2.23. The molecule has 2 aliphatic heterocycles. The van der Waals surface area contributed by atoms with E-state index < -0.39 is 29.6 Å². The van der Waals surface area contributed by atoms with Gasteiger partial charge in [-0.05, 0) is 24.3 Å². The number of hydrogen-bond acceptors (Lipinski definition) is 6. The smallest absolute Gasteiger partial charge is 0.326 e. The van der Waals surface area contributed by atoms with Gasteiger partial charge in [0.1, 0.15) is 6.04 Å². The van der Waals surface area contributed by atoms with E-state index in [1.54, 1.807) is 12.1 Å². The van der Waals surface area contributed by atoms with Gasteiger partial charge in [-0.25, -0.2) is 9.78 Å². The third kappa shape index (κ3) is 3.65. The van der Waals surface area contributed by atoms with Crippen LogP contribution in [-0.4, -0.2) is 70.9 Å². The number of aliphatic carboxylic acids is 1. The Balaban J connectivity index is 1.29. The molecule has 5 rings (SSSR count). The van der Waals surface area contributed by atoms with E-state index in [0.29, 0.717) is 24.3 Å². The average molecular weight is 435 g/mol. The Bertz CT molecular complexity index is 1240. The highest BCUT2D eigenvalue weighted by molar-refractivity contribution is 6.01. The van der Waals surface area contributed by atoms with Crippen LogP contribution in [0.15, 0.2) is 48.5 Å². The summed E-state index contributed by atoms with van der Waals surface area (Å²) in [6.45, 7) is 0.403. The summed E-state index contributed by atoms with van der Waals surface area (Å²) in [5, 5.41) is 14.0. The van der Waals surface area contributed by atoms with Crippen LogP contribution in [0.25, 0.3) is 21.8 Å². The van der Waals surface area contributed by atoms with Crippen LogP contribution in [0, 0.1) is 0 Å². The molecular formula is C23H21N3O6. The molecule has 3 heterocycles. The van der Waals surface area contributed by atoms with Gasteiger partial charge in [0.05, 0.1) is 37.3 Å². The fourth-order valence-corrected chi connectivity index (χ4v) is 4.30. The summed E-state index contributed by atoms with van der Waals surface area (Å²) in [6.07, 6.45) is 0.0618. The maximum Gasteiger partial charge on any atom is 0.326 e. The highest BCUT2D eigenvalue weighted by Gasteiger charge is 2.52. The van der Waals surface area contributed by atoms with Crippen LogP contribution in [0.2, 0.25) is 0 Å². The summed E-state index contributed by atoms with van der Waals surface area (Å²) in [4.78, 5) is 42.8. The molecule has 0 unspecified atom stereocenters. The van der Waals surface area contributed by atoms with Crippen LogP contribution in [0.1, 0.15) is 16.8 Å². The molecule has 9 nitrogen and oxygen atoms in total. The van der Waals surface area contributed by atoms with Crippen LogP contribution in [0.4, 0.5) is 0 Å². The largest absolute Gasteiger partial charge is 0.480 e. The molecular weight excluding hydrogens is 414 g/mol.